The number of fused-ring (bicyclic) bond motifs is 7. The van der Waals surface area contributed by atoms with E-state index >= 15 is 0 Å². The summed E-state index contributed by atoms with van der Waals surface area (Å²) in [5, 5.41) is 6.67. The van der Waals surface area contributed by atoms with E-state index in [9.17, 15) is 9.18 Å². The Balaban J connectivity index is 1.71. The Bertz CT molecular complexity index is 1130. The number of hydrogen-bond acceptors (Lipinski definition) is 6. The molecule has 7 nitrogen and oxygen atoms in total. The van der Waals surface area contributed by atoms with Gasteiger partial charge in [-0.1, -0.05) is 18.5 Å². The number of benzene rings is 2. The van der Waals surface area contributed by atoms with Crippen molar-refractivity contribution in [2.75, 3.05) is 25.0 Å². The van der Waals surface area contributed by atoms with E-state index in [1.165, 1.54) is 12.4 Å². The van der Waals surface area contributed by atoms with E-state index in [0.717, 1.165) is 11.3 Å². The number of nitrogens with zero attached hydrogens (tertiary/aromatic N) is 4. The molecule has 166 valence electrons. The van der Waals surface area contributed by atoms with Crippen molar-refractivity contribution >= 4 is 29.1 Å². The fourth-order valence-electron chi connectivity index (χ4n) is 3.65. The fourth-order valence-corrected chi connectivity index (χ4v) is 3.91. The maximum absolute atomic E-state index is 14.3. The third kappa shape index (κ3) is 5.57. The van der Waals surface area contributed by atoms with E-state index < -0.39 is 0 Å². The first kappa shape index (κ1) is 22.1. The molecule has 0 saturated carbocycles. The molecule has 0 saturated heterocycles. The number of aryl methyl sites for hydroxylation is 1. The number of halogens is 2. The molecule has 0 spiro atoms. The average Bonchev–Trinajstić information content (AvgIpc) is 2.76. The number of carbonyl (C=O) groups is 1. The van der Waals surface area contributed by atoms with Crippen LogP contribution in [0, 0.1) is 5.82 Å². The summed E-state index contributed by atoms with van der Waals surface area (Å²) in [5.74, 6) is 0.458. The highest BCUT2D eigenvalue weighted by molar-refractivity contribution is 6.31. The molecule has 2 heterocycles. The molecule has 0 aliphatic carbocycles. The summed E-state index contributed by atoms with van der Waals surface area (Å²) >= 11 is 6.34. The van der Waals surface area contributed by atoms with E-state index in [1.54, 1.807) is 18.2 Å². The second kappa shape index (κ2) is 10.0. The van der Waals surface area contributed by atoms with Crippen molar-refractivity contribution in [3.8, 4) is 11.4 Å². The van der Waals surface area contributed by atoms with Gasteiger partial charge in [-0.05, 0) is 66.9 Å². The maximum atomic E-state index is 14.3. The van der Waals surface area contributed by atoms with Gasteiger partial charge in [-0.15, -0.1) is 0 Å². The topological polar surface area (TPSA) is 83.0 Å². The van der Waals surface area contributed by atoms with Crippen LogP contribution in [-0.2, 0) is 17.8 Å². The van der Waals surface area contributed by atoms with Crippen molar-refractivity contribution in [3.63, 3.8) is 0 Å². The largest absolute Gasteiger partial charge is 0.355 e. The molecule has 0 radical (unpaired) electrons. The molecule has 1 amide bonds. The number of nitrogens with one attached hydrogen (secondary N) is 2. The highest BCUT2D eigenvalue weighted by Crippen LogP contribution is 2.24. The molecule has 0 atom stereocenters. The third-order valence-corrected chi connectivity index (χ3v) is 5.47. The molecule has 6 bridgehead atoms. The number of likely N-dealkylation sites (N-methyl/N-ethyl adjacent to an activating group) is 1. The number of carbonyl (C=O) groups excluding carboxylic acids is 1. The zero-order valence-corrected chi connectivity index (χ0v) is 18.5. The van der Waals surface area contributed by atoms with Crippen LogP contribution in [0.5, 0.6) is 0 Å². The van der Waals surface area contributed by atoms with E-state index in [-0.39, 0.29) is 18.3 Å². The number of rotatable bonds is 1. The smallest absolute Gasteiger partial charge is 0.234 e. The molecule has 2 aromatic carbocycles. The quantitative estimate of drug-likeness (QED) is 0.579. The Morgan fingerprint density at radius 1 is 1.16 bits per heavy atom. The van der Waals surface area contributed by atoms with Gasteiger partial charge in [-0.25, -0.2) is 14.4 Å². The molecule has 1 aromatic heterocycles. The van der Waals surface area contributed by atoms with Gasteiger partial charge in [0.05, 0.1) is 6.54 Å². The second-order valence-corrected chi connectivity index (χ2v) is 8.11. The van der Waals surface area contributed by atoms with E-state index in [4.69, 9.17) is 11.6 Å². The van der Waals surface area contributed by atoms with Crippen LogP contribution in [0.4, 0.5) is 16.0 Å². The number of hydrogen-bond donors (Lipinski definition) is 2. The van der Waals surface area contributed by atoms with Crippen LogP contribution >= 0.6 is 11.6 Å². The van der Waals surface area contributed by atoms with Crippen LogP contribution in [-0.4, -0.2) is 45.4 Å². The summed E-state index contributed by atoms with van der Waals surface area (Å²) in [5.41, 5.74) is 2.95. The van der Waals surface area contributed by atoms with Gasteiger partial charge in [0.2, 0.25) is 11.9 Å². The Hall–Kier alpha value is -3.10. The van der Waals surface area contributed by atoms with Gasteiger partial charge in [0.25, 0.3) is 0 Å². The lowest BCUT2D eigenvalue weighted by molar-refractivity contribution is -0.122. The second-order valence-electron chi connectivity index (χ2n) is 7.67. The molecule has 1 aliphatic rings. The van der Waals surface area contributed by atoms with Crippen molar-refractivity contribution in [1.29, 1.82) is 0 Å². The predicted octanol–water partition coefficient (Wildman–Crippen LogP) is 3.96. The van der Waals surface area contributed by atoms with Gasteiger partial charge in [-0.2, -0.15) is 4.98 Å². The summed E-state index contributed by atoms with van der Waals surface area (Å²) in [6, 6.07) is 10.4. The van der Waals surface area contributed by atoms with Crippen LogP contribution in [0.1, 0.15) is 24.5 Å². The standard InChI is InChI=1S/C23H24ClFN6O/c1-2-31-12-15-8-18(24)11-19(9-15)29-23-28-14-27-22(30-23)17-5-6-20(25)16(10-17)4-3-7-26-21(32)13-31/h5-6,8-11,14H,2-4,7,12-13H2,1H3,(H,26,32)(H,27,28,29,30). The van der Waals surface area contributed by atoms with Crippen LogP contribution in [0.2, 0.25) is 5.02 Å². The van der Waals surface area contributed by atoms with Crippen LogP contribution < -0.4 is 10.6 Å². The fraction of sp³-hybridized carbons (Fsp3) is 0.304. The summed E-state index contributed by atoms with van der Waals surface area (Å²) in [6.45, 7) is 4.02. The van der Waals surface area contributed by atoms with Gasteiger partial charge < -0.3 is 10.6 Å². The lowest BCUT2D eigenvalue weighted by Crippen LogP contribution is -2.37. The summed E-state index contributed by atoms with van der Waals surface area (Å²) in [7, 11) is 0. The average molecular weight is 455 g/mol. The maximum Gasteiger partial charge on any atom is 0.234 e. The molecule has 3 aromatic rings. The normalized spacial score (nSPS) is 15.3. The van der Waals surface area contributed by atoms with Crippen molar-refractivity contribution < 1.29 is 9.18 Å². The zero-order chi connectivity index (χ0) is 22.5. The molecule has 4 rings (SSSR count). The first-order valence-corrected chi connectivity index (χ1v) is 10.9. The van der Waals surface area contributed by atoms with Crippen LogP contribution in [0.15, 0.2) is 42.7 Å². The molecular weight excluding hydrogens is 431 g/mol. The van der Waals surface area contributed by atoms with Gasteiger partial charge in [0, 0.05) is 29.4 Å². The minimum Gasteiger partial charge on any atom is -0.355 e. The van der Waals surface area contributed by atoms with Crippen molar-refractivity contribution in [3.05, 3.63) is 64.7 Å². The van der Waals surface area contributed by atoms with Gasteiger partial charge in [0.1, 0.15) is 12.1 Å². The zero-order valence-electron chi connectivity index (χ0n) is 17.7. The highest BCUT2D eigenvalue weighted by atomic mass is 35.5. The Kier molecular flexibility index (Phi) is 6.92. The van der Waals surface area contributed by atoms with Crippen molar-refractivity contribution in [2.24, 2.45) is 0 Å². The Morgan fingerprint density at radius 2 is 2.03 bits per heavy atom. The molecule has 2 N–H and O–H groups in total. The van der Waals surface area contributed by atoms with Crippen molar-refractivity contribution in [1.82, 2.24) is 25.2 Å². The Labute approximate surface area is 191 Å². The minimum absolute atomic E-state index is 0.0601. The third-order valence-electron chi connectivity index (χ3n) is 5.26. The summed E-state index contributed by atoms with van der Waals surface area (Å²) < 4.78 is 14.3. The van der Waals surface area contributed by atoms with Gasteiger partial charge in [0.15, 0.2) is 5.82 Å². The van der Waals surface area contributed by atoms with E-state index in [0.29, 0.717) is 60.4 Å². The lowest BCUT2D eigenvalue weighted by atomic mass is 10.1. The molecule has 0 unspecified atom stereocenters. The first-order chi connectivity index (χ1) is 15.5. The van der Waals surface area contributed by atoms with E-state index in [1.807, 2.05) is 24.0 Å². The SMILES string of the molecule is CCN1CC(=O)NCCCc2cc(ccc2F)-c2ncnc(n2)Nc2cc(Cl)cc(c2)C1. The Morgan fingerprint density at radius 3 is 2.88 bits per heavy atom. The van der Waals surface area contributed by atoms with E-state index in [2.05, 4.69) is 25.6 Å². The first-order valence-electron chi connectivity index (χ1n) is 10.5. The molecule has 32 heavy (non-hydrogen) atoms. The highest BCUT2D eigenvalue weighted by Gasteiger charge is 2.13. The summed E-state index contributed by atoms with van der Waals surface area (Å²) in [4.78, 5) is 27.4. The summed E-state index contributed by atoms with van der Waals surface area (Å²) in [6.07, 6.45) is 2.54. The predicted molar refractivity (Wildman–Crippen MR) is 122 cm³/mol. The number of anilines is 2. The molecule has 0 fully saturated rings. The van der Waals surface area contributed by atoms with Crippen molar-refractivity contribution in [2.45, 2.75) is 26.3 Å². The molecular formula is C23H24ClFN6O. The van der Waals surface area contributed by atoms with Crippen LogP contribution in [0.3, 0.4) is 0 Å². The van der Waals surface area contributed by atoms with Gasteiger partial charge >= 0.3 is 0 Å². The number of aromatic nitrogens is 3. The lowest BCUT2D eigenvalue weighted by Gasteiger charge is -2.21. The van der Waals surface area contributed by atoms with Crippen LogP contribution in [0.25, 0.3) is 11.4 Å². The monoisotopic (exact) mass is 454 g/mol. The number of amides is 1. The molecule has 1 aliphatic heterocycles. The van der Waals surface area contributed by atoms with Gasteiger partial charge in [-0.3, -0.25) is 9.69 Å². The molecule has 9 heteroatoms. The minimum atomic E-state index is -0.287.